The first-order valence-electron chi connectivity index (χ1n) is 6.19. The van der Waals surface area contributed by atoms with E-state index in [4.69, 9.17) is 5.73 Å². The van der Waals surface area contributed by atoms with Gasteiger partial charge in [0.1, 0.15) is 0 Å². The lowest BCUT2D eigenvalue weighted by atomic mass is 10.0. The van der Waals surface area contributed by atoms with Gasteiger partial charge in [0.15, 0.2) is 0 Å². The van der Waals surface area contributed by atoms with Crippen LogP contribution in [-0.2, 0) is 4.79 Å². The molecule has 3 nitrogen and oxygen atoms in total. The van der Waals surface area contributed by atoms with E-state index in [1.165, 1.54) is 0 Å². The average molecular weight is 232 g/mol. The zero-order valence-electron chi connectivity index (χ0n) is 10.5. The monoisotopic (exact) mass is 232 g/mol. The van der Waals surface area contributed by atoms with Gasteiger partial charge in [0.2, 0.25) is 5.91 Å². The van der Waals surface area contributed by atoms with Gasteiger partial charge in [-0.1, -0.05) is 44.2 Å². The number of rotatable bonds is 3. The molecule has 1 aromatic carbocycles. The van der Waals surface area contributed by atoms with E-state index in [9.17, 15) is 4.79 Å². The van der Waals surface area contributed by atoms with E-state index in [0.717, 1.165) is 12.1 Å². The van der Waals surface area contributed by atoms with Crippen LogP contribution in [0.1, 0.15) is 31.9 Å². The molecule has 92 valence electrons. The summed E-state index contributed by atoms with van der Waals surface area (Å²) in [4.78, 5) is 13.9. The molecule has 1 aromatic rings. The van der Waals surface area contributed by atoms with Gasteiger partial charge >= 0.3 is 0 Å². The first kappa shape index (κ1) is 12.1. The number of nitrogens with two attached hydrogens (primary N) is 1. The van der Waals surface area contributed by atoms with Crippen molar-refractivity contribution in [3.05, 3.63) is 35.9 Å². The van der Waals surface area contributed by atoms with Crippen molar-refractivity contribution in [3.63, 3.8) is 0 Å². The van der Waals surface area contributed by atoms with Gasteiger partial charge in [-0.15, -0.1) is 0 Å². The number of amides is 1. The maximum Gasteiger partial charge on any atom is 0.224 e. The Kier molecular flexibility index (Phi) is 3.48. The van der Waals surface area contributed by atoms with E-state index < -0.39 is 0 Å². The van der Waals surface area contributed by atoms with Gasteiger partial charge in [0.25, 0.3) is 0 Å². The van der Waals surface area contributed by atoms with E-state index >= 15 is 0 Å². The Hall–Kier alpha value is -1.35. The van der Waals surface area contributed by atoms with Crippen molar-refractivity contribution >= 4 is 5.91 Å². The standard InChI is InChI=1S/C14H20N2O/c1-10(2)9-16-13(17)8-12(15)14(16)11-6-4-3-5-7-11/h3-7,10,12,14H,8-9,15H2,1-2H3. The summed E-state index contributed by atoms with van der Waals surface area (Å²) in [6.45, 7) is 5.03. The Bertz CT molecular complexity index is 388. The Balaban J connectivity index is 2.26. The second-order valence-corrected chi connectivity index (χ2v) is 5.16. The summed E-state index contributed by atoms with van der Waals surface area (Å²) < 4.78 is 0. The van der Waals surface area contributed by atoms with Crippen molar-refractivity contribution in [2.24, 2.45) is 11.7 Å². The van der Waals surface area contributed by atoms with E-state index in [2.05, 4.69) is 26.0 Å². The zero-order chi connectivity index (χ0) is 12.4. The first-order valence-corrected chi connectivity index (χ1v) is 6.19. The molecule has 17 heavy (non-hydrogen) atoms. The smallest absolute Gasteiger partial charge is 0.224 e. The minimum Gasteiger partial charge on any atom is -0.334 e. The average Bonchev–Trinajstić information content (AvgIpc) is 2.54. The van der Waals surface area contributed by atoms with Crippen molar-refractivity contribution in [3.8, 4) is 0 Å². The van der Waals surface area contributed by atoms with E-state index in [-0.39, 0.29) is 18.0 Å². The highest BCUT2D eigenvalue weighted by Crippen LogP contribution is 2.32. The number of likely N-dealkylation sites (tertiary alicyclic amines) is 1. The largest absolute Gasteiger partial charge is 0.334 e. The van der Waals surface area contributed by atoms with Crippen LogP contribution >= 0.6 is 0 Å². The highest BCUT2D eigenvalue weighted by Gasteiger charge is 2.38. The van der Waals surface area contributed by atoms with Gasteiger partial charge in [0.05, 0.1) is 6.04 Å². The maximum absolute atomic E-state index is 11.9. The molecule has 0 radical (unpaired) electrons. The summed E-state index contributed by atoms with van der Waals surface area (Å²) >= 11 is 0. The number of benzene rings is 1. The number of carbonyl (C=O) groups excluding carboxylic acids is 1. The molecule has 1 saturated heterocycles. The molecule has 0 aliphatic carbocycles. The van der Waals surface area contributed by atoms with Gasteiger partial charge in [-0.2, -0.15) is 0 Å². The Morgan fingerprint density at radius 2 is 2.00 bits per heavy atom. The molecule has 1 aliphatic rings. The summed E-state index contributed by atoms with van der Waals surface area (Å²) in [6.07, 6.45) is 0.465. The Labute approximate surface area is 103 Å². The summed E-state index contributed by atoms with van der Waals surface area (Å²) in [6, 6.07) is 10.1. The number of carbonyl (C=O) groups is 1. The van der Waals surface area contributed by atoms with Gasteiger partial charge < -0.3 is 10.6 Å². The lowest BCUT2D eigenvalue weighted by molar-refractivity contribution is -0.129. The van der Waals surface area contributed by atoms with Crippen LogP contribution in [0.4, 0.5) is 0 Å². The van der Waals surface area contributed by atoms with Crippen LogP contribution < -0.4 is 5.73 Å². The molecule has 0 spiro atoms. The van der Waals surface area contributed by atoms with Gasteiger partial charge in [-0.05, 0) is 11.5 Å². The van der Waals surface area contributed by atoms with Crippen LogP contribution in [0.5, 0.6) is 0 Å². The second-order valence-electron chi connectivity index (χ2n) is 5.16. The summed E-state index contributed by atoms with van der Waals surface area (Å²) in [5.74, 6) is 0.649. The molecular formula is C14H20N2O. The predicted molar refractivity (Wildman–Crippen MR) is 68.3 cm³/mol. The Morgan fingerprint density at radius 3 is 2.59 bits per heavy atom. The molecule has 2 atom stereocenters. The third-order valence-corrected chi connectivity index (χ3v) is 3.17. The fraction of sp³-hybridized carbons (Fsp3) is 0.500. The second kappa shape index (κ2) is 4.88. The van der Waals surface area contributed by atoms with Crippen molar-refractivity contribution in [1.82, 2.24) is 4.90 Å². The third kappa shape index (κ3) is 2.50. The van der Waals surface area contributed by atoms with Gasteiger partial charge in [-0.25, -0.2) is 0 Å². The van der Waals surface area contributed by atoms with E-state index in [0.29, 0.717) is 12.3 Å². The molecule has 1 fully saturated rings. The molecule has 0 bridgehead atoms. The fourth-order valence-electron chi connectivity index (χ4n) is 2.50. The molecule has 3 heteroatoms. The summed E-state index contributed by atoms with van der Waals surface area (Å²) in [5.41, 5.74) is 7.25. The number of hydrogen-bond acceptors (Lipinski definition) is 2. The van der Waals surface area contributed by atoms with Crippen molar-refractivity contribution in [2.75, 3.05) is 6.54 Å². The van der Waals surface area contributed by atoms with Crippen LogP contribution in [-0.4, -0.2) is 23.4 Å². The molecule has 1 heterocycles. The molecule has 0 aromatic heterocycles. The molecule has 2 rings (SSSR count). The summed E-state index contributed by atoms with van der Waals surface area (Å²) in [7, 11) is 0. The van der Waals surface area contributed by atoms with Gasteiger partial charge in [0, 0.05) is 19.0 Å². The molecule has 2 unspecified atom stereocenters. The predicted octanol–water partition coefficient (Wildman–Crippen LogP) is 1.94. The first-order chi connectivity index (χ1) is 8.09. The Morgan fingerprint density at radius 1 is 1.35 bits per heavy atom. The van der Waals surface area contributed by atoms with Crippen LogP contribution in [0.15, 0.2) is 30.3 Å². The number of hydrogen-bond donors (Lipinski definition) is 1. The lowest BCUT2D eigenvalue weighted by Crippen LogP contribution is -2.35. The highest BCUT2D eigenvalue weighted by atomic mass is 16.2. The maximum atomic E-state index is 11.9. The quantitative estimate of drug-likeness (QED) is 0.865. The summed E-state index contributed by atoms with van der Waals surface area (Å²) in [5, 5.41) is 0. The van der Waals surface area contributed by atoms with Crippen LogP contribution in [0.3, 0.4) is 0 Å². The zero-order valence-corrected chi connectivity index (χ0v) is 10.5. The fourth-order valence-corrected chi connectivity index (χ4v) is 2.50. The van der Waals surface area contributed by atoms with Gasteiger partial charge in [-0.3, -0.25) is 4.79 Å². The minimum absolute atomic E-state index is 0.0473. The topological polar surface area (TPSA) is 46.3 Å². The van der Waals surface area contributed by atoms with Crippen molar-refractivity contribution in [1.29, 1.82) is 0 Å². The molecule has 2 N–H and O–H groups in total. The van der Waals surface area contributed by atoms with Crippen LogP contribution in [0.25, 0.3) is 0 Å². The SMILES string of the molecule is CC(C)CN1C(=O)CC(N)C1c1ccccc1. The third-order valence-electron chi connectivity index (χ3n) is 3.17. The van der Waals surface area contributed by atoms with E-state index in [1.807, 2.05) is 23.1 Å². The number of nitrogens with zero attached hydrogens (tertiary/aromatic N) is 1. The molecule has 1 aliphatic heterocycles. The van der Waals surface area contributed by atoms with E-state index in [1.54, 1.807) is 0 Å². The normalized spacial score (nSPS) is 24.7. The van der Waals surface area contributed by atoms with Crippen molar-refractivity contribution in [2.45, 2.75) is 32.4 Å². The highest BCUT2D eigenvalue weighted by molar-refractivity contribution is 5.80. The molecular weight excluding hydrogens is 212 g/mol. The molecule has 1 amide bonds. The molecule has 0 saturated carbocycles. The van der Waals surface area contributed by atoms with Crippen LogP contribution in [0.2, 0.25) is 0 Å². The minimum atomic E-state index is -0.0800. The van der Waals surface area contributed by atoms with Crippen molar-refractivity contribution < 1.29 is 4.79 Å². The lowest BCUT2D eigenvalue weighted by Gasteiger charge is -2.28. The van der Waals surface area contributed by atoms with Crippen LogP contribution in [0, 0.1) is 5.92 Å².